The Kier molecular flexibility index (Phi) is 12.4. The molecule has 0 bridgehead atoms. The monoisotopic (exact) mass is 624 g/mol. The number of nitrogens with two attached hydrogens (primary N) is 1. The number of rotatable bonds is 11. The Morgan fingerprint density at radius 1 is 1.02 bits per heavy atom. The van der Waals surface area contributed by atoms with Crippen LogP contribution in [0.4, 0.5) is 22.4 Å². The van der Waals surface area contributed by atoms with Gasteiger partial charge in [-0.1, -0.05) is 0 Å². The van der Waals surface area contributed by atoms with Gasteiger partial charge < -0.3 is 41.1 Å². The van der Waals surface area contributed by atoms with E-state index < -0.39 is 72.6 Å². The summed E-state index contributed by atoms with van der Waals surface area (Å²) >= 11 is 0.807. The maximum atomic E-state index is 14.1. The summed E-state index contributed by atoms with van der Waals surface area (Å²) in [5.41, 5.74) is 5.36. The Bertz CT molecular complexity index is 1380. The van der Waals surface area contributed by atoms with Gasteiger partial charge in [-0.25, -0.2) is 23.6 Å². The number of benzene rings is 1. The third kappa shape index (κ3) is 11.5. The third-order valence-electron chi connectivity index (χ3n) is 4.49. The molecule has 0 aliphatic carbocycles. The molecule has 0 aliphatic heterocycles. The van der Waals surface area contributed by atoms with Crippen LogP contribution in [0.2, 0.25) is 0 Å². The molecule has 0 aliphatic rings. The standard InChI is InChI=1S/C20H19FN4O9S.C2HF3O2/c21-11-5-9(17(22)23)1-3-13(11)34-19(32)14-4-2-10(35-14)7-25(8-16(28)29)20(33)24-12(18(30)31)6-15(26)27;3-2(4,5)1(6)7/h1-5,12H,6-8H2,(H3,22,23)(H,24,33)(H,26,27)(H,28,29)(H,30,31);(H,6,7)/t12-;/m0./s1. The zero-order valence-electron chi connectivity index (χ0n) is 20.7. The highest BCUT2D eigenvalue weighted by Crippen LogP contribution is 2.23. The molecule has 0 fully saturated rings. The van der Waals surface area contributed by atoms with Crippen LogP contribution in [0, 0.1) is 11.2 Å². The summed E-state index contributed by atoms with van der Waals surface area (Å²) in [5.74, 6) is -9.97. The van der Waals surface area contributed by atoms with Gasteiger partial charge in [0.05, 0.1) is 13.0 Å². The first kappa shape index (κ1) is 34.8. The fourth-order valence-corrected chi connectivity index (χ4v) is 3.54. The lowest BCUT2D eigenvalue weighted by Gasteiger charge is -2.22. The second-order valence-corrected chi connectivity index (χ2v) is 8.87. The summed E-state index contributed by atoms with van der Waals surface area (Å²) in [6.07, 6.45) is -6.01. The van der Waals surface area contributed by atoms with Crippen molar-refractivity contribution in [1.82, 2.24) is 10.2 Å². The highest BCUT2D eigenvalue weighted by molar-refractivity contribution is 7.13. The molecule has 1 atom stereocenters. The van der Waals surface area contributed by atoms with Gasteiger partial charge in [-0.05, 0) is 30.3 Å². The van der Waals surface area contributed by atoms with Crippen molar-refractivity contribution in [2.24, 2.45) is 5.73 Å². The number of hydrogen-bond donors (Lipinski definition) is 7. The van der Waals surface area contributed by atoms with Gasteiger partial charge in [-0.2, -0.15) is 13.2 Å². The number of aliphatic carboxylic acids is 4. The fourth-order valence-electron chi connectivity index (χ4n) is 2.64. The van der Waals surface area contributed by atoms with Gasteiger partial charge in [-0.3, -0.25) is 15.0 Å². The lowest BCUT2D eigenvalue weighted by atomic mass is 10.2. The molecule has 15 nitrogen and oxygen atoms in total. The van der Waals surface area contributed by atoms with Crippen LogP contribution in [0.25, 0.3) is 0 Å². The van der Waals surface area contributed by atoms with Crippen LogP contribution in [0.15, 0.2) is 30.3 Å². The SMILES string of the molecule is N=C(N)c1ccc(OC(=O)c2ccc(CN(CC(=O)O)C(=O)N[C@@H](CC(=O)O)C(=O)O)s2)c(F)c1.O=C(O)C(F)(F)F. The molecule has 8 N–H and O–H groups in total. The molecule has 2 rings (SSSR count). The summed E-state index contributed by atoms with van der Waals surface area (Å²) in [6.45, 7) is -1.21. The quantitative estimate of drug-likeness (QED) is 0.0618. The average molecular weight is 624 g/mol. The summed E-state index contributed by atoms with van der Waals surface area (Å²) in [6, 6.07) is 3.05. The number of hydrogen-bond acceptors (Lipinski definition) is 9. The second-order valence-electron chi connectivity index (χ2n) is 7.71. The Morgan fingerprint density at radius 2 is 1.62 bits per heavy atom. The summed E-state index contributed by atoms with van der Waals surface area (Å²) in [5, 5.41) is 43.3. The van der Waals surface area contributed by atoms with Crippen molar-refractivity contribution in [2.75, 3.05) is 6.54 Å². The van der Waals surface area contributed by atoms with Crippen molar-refractivity contribution in [3.05, 3.63) is 51.5 Å². The number of carbonyl (C=O) groups is 6. The highest BCUT2D eigenvalue weighted by Gasteiger charge is 2.38. The largest absolute Gasteiger partial charge is 0.490 e. The zero-order valence-corrected chi connectivity index (χ0v) is 21.5. The van der Waals surface area contributed by atoms with Crippen LogP contribution in [-0.2, 0) is 25.7 Å². The number of carboxylic acid groups (broad SMARTS) is 4. The summed E-state index contributed by atoms with van der Waals surface area (Å²) in [4.78, 5) is 67.8. The number of nitrogens with zero attached hydrogens (tertiary/aromatic N) is 1. The molecule has 1 aromatic heterocycles. The van der Waals surface area contributed by atoms with E-state index in [1.807, 2.05) is 5.32 Å². The van der Waals surface area contributed by atoms with Crippen LogP contribution in [-0.4, -0.2) is 85.8 Å². The van der Waals surface area contributed by atoms with Gasteiger partial charge in [0, 0.05) is 10.4 Å². The molecule has 0 spiro atoms. The van der Waals surface area contributed by atoms with Gasteiger partial charge in [0.15, 0.2) is 11.6 Å². The molecule has 20 heteroatoms. The van der Waals surface area contributed by atoms with Crippen molar-refractivity contribution in [3.63, 3.8) is 0 Å². The van der Waals surface area contributed by atoms with Crippen molar-refractivity contribution in [3.8, 4) is 5.75 Å². The minimum Gasteiger partial charge on any atom is -0.481 e. The number of nitrogens with one attached hydrogen (secondary N) is 2. The topological polar surface area (TPSA) is 258 Å². The summed E-state index contributed by atoms with van der Waals surface area (Å²) < 4.78 is 50.8. The lowest BCUT2D eigenvalue weighted by Crippen LogP contribution is -2.49. The Morgan fingerprint density at radius 3 is 2.07 bits per heavy atom. The van der Waals surface area contributed by atoms with Gasteiger partial charge in [0.2, 0.25) is 0 Å². The van der Waals surface area contributed by atoms with E-state index in [2.05, 4.69) is 0 Å². The van der Waals surface area contributed by atoms with E-state index in [0.29, 0.717) is 9.78 Å². The molecule has 42 heavy (non-hydrogen) atoms. The van der Waals surface area contributed by atoms with Crippen LogP contribution in [0.1, 0.15) is 26.5 Å². The molecule has 0 unspecified atom stereocenters. The van der Waals surface area contributed by atoms with Gasteiger partial charge in [-0.15, -0.1) is 11.3 Å². The van der Waals surface area contributed by atoms with Crippen molar-refractivity contribution >= 4 is 53.1 Å². The molecule has 228 valence electrons. The Hall–Kier alpha value is -5.27. The maximum absolute atomic E-state index is 14.1. The van der Waals surface area contributed by atoms with Crippen molar-refractivity contribution in [2.45, 2.75) is 25.2 Å². The van der Waals surface area contributed by atoms with Crippen molar-refractivity contribution < 1.29 is 71.5 Å². The number of carbonyl (C=O) groups excluding carboxylic acids is 2. The van der Waals surface area contributed by atoms with Crippen LogP contribution >= 0.6 is 11.3 Å². The number of esters is 1. The Labute approximate surface area is 235 Å². The first-order valence-corrected chi connectivity index (χ1v) is 11.6. The normalized spacial score (nSPS) is 11.2. The van der Waals surface area contributed by atoms with Gasteiger partial charge >= 0.3 is 42.1 Å². The number of halogens is 4. The van der Waals surface area contributed by atoms with Crippen LogP contribution in [0.3, 0.4) is 0 Å². The minimum absolute atomic E-state index is 0.0139. The number of alkyl halides is 3. The smallest absolute Gasteiger partial charge is 0.481 e. The molecule has 1 aromatic carbocycles. The number of urea groups is 1. The van der Waals surface area contributed by atoms with E-state index in [4.69, 9.17) is 41.1 Å². The third-order valence-corrected chi connectivity index (χ3v) is 5.54. The molecule has 2 amide bonds. The van der Waals surface area contributed by atoms with E-state index in [-0.39, 0.29) is 22.8 Å². The molecule has 2 aromatic rings. The summed E-state index contributed by atoms with van der Waals surface area (Å²) in [7, 11) is 0. The van der Waals surface area contributed by atoms with Gasteiger partial charge in [0.1, 0.15) is 23.3 Å². The van der Waals surface area contributed by atoms with Gasteiger partial charge in [0.25, 0.3) is 0 Å². The van der Waals surface area contributed by atoms with E-state index in [0.717, 1.165) is 23.5 Å². The molecule has 0 saturated carbocycles. The van der Waals surface area contributed by atoms with E-state index >= 15 is 0 Å². The molecule has 1 heterocycles. The highest BCUT2D eigenvalue weighted by atomic mass is 32.1. The number of amidine groups is 1. The maximum Gasteiger partial charge on any atom is 0.490 e. The fraction of sp³-hybridized carbons (Fsp3) is 0.227. The minimum atomic E-state index is -5.08. The number of thiophene rings is 1. The number of nitrogen functional groups attached to an aromatic ring is 1. The molecular weight excluding hydrogens is 604 g/mol. The van der Waals surface area contributed by atoms with Crippen LogP contribution in [0.5, 0.6) is 5.75 Å². The van der Waals surface area contributed by atoms with E-state index in [9.17, 15) is 41.5 Å². The lowest BCUT2D eigenvalue weighted by molar-refractivity contribution is -0.192. The second kappa shape index (κ2) is 14.9. The zero-order chi connectivity index (χ0) is 32.4. The number of carboxylic acids is 4. The molecule has 0 radical (unpaired) electrons. The predicted octanol–water partition coefficient (Wildman–Crippen LogP) is 1.55. The van der Waals surface area contributed by atoms with E-state index in [1.165, 1.54) is 18.2 Å². The first-order valence-electron chi connectivity index (χ1n) is 10.8. The predicted molar refractivity (Wildman–Crippen MR) is 131 cm³/mol. The first-order chi connectivity index (χ1) is 19.3. The van der Waals surface area contributed by atoms with Crippen molar-refractivity contribution in [1.29, 1.82) is 5.41 Å². The van der Waals surface area contributed by atoms with E-state index in [1.54, 1.807) is 0 Å². The Balaban J connectivity index is 0.00000112. The average Bonchev–Trinajstić information content (AvgIpc) is 3.32. The molecular formula is C22H20F4N4O11S. The number of amides is 2. The van der Waals surface area contributed by atoms with Crippen LogP contribution < -0.4 is 15.8 Å². The number of ether oxygens (including phenoxy) is 1. The molecule has 0 saturated heterocycles.